The monoisotopic (exact) mass is 335 g/mol. The number of halogens is 4. The van der Waals surface area contributed by atoms with Crippen molar-refractivity contribution in [1.82, 2.24) is 3.53 Å². The van der Waals surface area contributed by atoms with Crippen LogP contribution in [0, 0.1) is 11.3 Å². The van der Waals surface area contributed by atoms with Crippen molar-refractivity contribution in [2.45, 2.75) is 45.2 Å². The minimum absolute atomic E-state index is 0.178. The van der Waals surface area contributed by atoms with Crippen LogP contribution in [-0.2, 0) is 0 Å². The molecule has 0 aromatic rings. The van der Waals surface area contributed by atoms with E-state index in [9.17, 15) is 13.2 Å². The van der Waals surface area contributed by atoms with Gasteiger partial charge in [-0.3, -0.25) is 3.53 Å². The summed E-state index contributed by atoms with van der Waals surface area (Å²) in [4.78, 5) is 0. The molecular weight excluding hydrogens is 318 g/mol. The van der Waals surface area contributed by atoms with Gasteiger partial charge in [0.1, 0.15) is 0 Å². The summed E-state index contributed by atoms with van der Waals surface area (Å²) >= 11 is 1.90. The van der Waals surface area contributed by atoms with Crippen LogP contribution in [0.1, 0.15) is 39.0 Å². The Morgan fingerprint density at radius 3 is 2.20 bits per heavy atom. The van der Waals surface area contributed by atoms with Gasteiger partial charge in [0.2, 0.25) is 0 Å². The molecule has 0 bridgehead atoms. The fourth-order valence-electron chi connectivity index (χ4n) is 2.45. The first-order valence-corrected chi connectivity index (χ1v) is 6.40. The van der Waals surface area contributed by atoms with Crippen LogP contribution in [0.2, 0.25) is 0 Å². The fraction of sp³-hybridized carbons (Fsp3) is 1.00. The van der Waals surface area contributed by atoms with Gasteiger partial charge in [-0.1, -0.05) is 19.8 Å². The van der Waals surface area contributed by atoms with Crippen LogP contribution < -0.4 is 3.53 Å². The summed E-state index contributed by atoms with van der Waals surface area (Å²) in [6, 6.07) is 0. The second kappa shape index (κ2) is 5.21. The minimum Gasteiger partial charge on any atom is -0.261 e. The Morgan fingerprint density at radius 1 is 1.27 bits per heavy atom. The molecule has 1 atom stereocenters. The molecule has 0 heterocycles. The van der Waals surface area contributed by atoms with E-state index in [0.717, 1.165) is 25.7 Å². The maximum absolute atomic E-state index is 13.0. The van der Waals surface area contributed by atoms with E-state index in [1.165, 1.54) is 6.92 Å². The summed E-state index contributed by atoms with van der Waals surface area (Å²) < 4.78 is 41.9. The van der Waals surface area contributed by atoms with E-state index in [1.807, 2.05) is 22.9 Å². The number of hydrogen-bond acceptors (Lipinski definition) is 1. The van der Waals surface area contributed by atoms with Gasteiger partial charge in [0, 0.05) is 29.4 Å². The van der Waals surface area contributed by atoms with Crippen molar-refractivity contribution < 1.29 is 13.2 Å². The van der Waals surface area contributed by atoms with Crippen molar-refractivity contribution in [3.8, 4) is 0 Å². The van der Waals surface area contributed by atoms with E-state index in [4.69, 9.17) is 0 Å². The predicted octanol–water partition coefficient (Wildman–Crippen LogP) is 4.07. The summed E-state index contributed by atoms with van der Waals surface area (Å²) in [6.07, 6.45) is -0.518. The smallest absolute Gasteiger partial charge is 0.261 e. The maximum Gasteiger partial charge on any atom is 0.394 e. The SMILES string of the molecule is CC(CCNI)(C1CCCC1)C(F)(F)F. The number of hydrogen-bond donors (Lipinski definition) is 1. The molecule has 1 rings (SSSR count). The van der Waals surface area contributed by atoms with Crippen LogP contribution in [0.3, 0.4) is 0 Å². The zero-order valence-electron chi connectivity index (χ0n) is 8.83. The Hall–Kier alpha value is 0.480. The Kier molecular flexibility index (Phi) is 4.70. The molecule has 0 aliphatic heterocycles. The van der Waals surface area contributed by atoms with Crippen LogP contribution in [0.15, 0.2) is 0 Å². The molecule has 1 saturated carbocycles. The summed E-state index contributed by atoms with van der Waals surface area (Å²) in [6.45, 7) is 1.81. The van der Waals surface area contributed by atoms with Gasteiger partial charge in [0.15, 0.2) is 0 Å². The Morgan fingerprint density at radius 2 is 1.80 bits per heavy atom. The van der Waals surface area contributed by atoms with Gasteiger partial charge in [-0.2, -0.15) is 13.2 Å². The molecule has 1 aliphatic rings. The molecule has 1 nitrogen and oxygen atoms in total. The molecule has 0 saturated heterocycles. The van der Waals surface area contributed by atoms with Crippen LogP contribution in [-0.4, -0.2) is 12.7 Å². The summed E-state index contributed by atoms with van der Waals surface area (Å²) in [5, 5.41) is 0. The molecule has 1 unspecified atom stereocenters. The highest BCUT2D eigenvalue weighted by molar-refractivity contribution is 14.1. The first kappa shape index (κ1) is 13.5. The van der Waals surface area contributed by atoms with E-state index in [0.29, 0.717) is 6.54 Å². The lowest BCUT2D eigenvalue weighted by atomic mass is 9.73. The quantitative estimate of drug-likeness (QED) is 0.603. The van der Waals surface area contributed by atoms with Gasteiger partial charge in [0.05, 0.1) is 5.41 Å². The molecule has 1 fully saturated rings. The molecule has 0 aromatic carbocycles. The average molecular weight is 335 g/mol. The third-order valence-corrected chi connectivity index (χ3v) is 4.18. The zero-order chi connectivity index (χ0) is 11.5. The van der Waals surface area contributed by atoms with E-state index in [1.54, 1.807) is 0 Å². The topological polar surface area (TPSA) is 12.0 Å². The second-order valence-corrected chi connectivity index (χ2v) is 5.29. The van der Waals surface area contributed by atoms with Gasteiger partial charge in [-0.05, 0) is 25.2 Å². The largest absolute Gasteiger partial charge is 0.394 e. The van der Waals surface area contributed by atoms with Crippen molar-refractivity contribution in [2.75, 3.05) is 6.54 Å². The van der Waals surface area contributed by atoms with E-state index < -0.39 is 11.6 Å². The van der Waals surface area contributed by atoms with Crippen molar-refractivity contribution >= 4 is 22.9 Å². The van der Waals surface area contributed by atoms with Crippen LogP contribution in [0.25, 0.3) is 0 Å². The summed E-state index contributed by atoms with van der Waals surface area (Å²) in [5.41, 5.74) is -1.50. The third kappa shape index (κ3) is 2.99. The average Bonchev–Trinajstić information content (AvgIpc) is 2.65. The molecule has 0 aromatic heterocycles. The zero-order valence-corrected chi connectivity index (χ0v) is 11.0. The van der Waals surface area contributed by atoms with Gasteiger partial charge < -0.3 is 0 Å². The summed E-state index contributed by atoms with van der Waals surface area (Å²) in [7, 11) is 0. The van der Waals surface area contributed by atoms with E-state index in [-0.39, 0.29) is 12.3 Å². The highest BCUT2D eigenvalue weighted by Crippen LogP contribution is 2.52. The molecule has 1 aliphatic carbocycles. The normalized spacial score (nSPS) is 23.0. The number of rotatable bonds is 4. The Balaban J connectivity index is 2.74. The molecule has 90 valence electrons. The Labute approximate surface area is 103 Å². The van der Waals surface area contributed by atoms with Gasteiger partial charge in [0.25, 0.3) is 0 Å². The molecule has 15 heavy (non-hydrogen) atoms. The minimum atomic E-state index is -4.07. The number of alkyl halides is 3. The van der Waals surface area contributed by atoms with Gasteiger partial charge in [-0.15, -0.1) is 0 Å². The van der Waals surface area contributed by atoms with Crippen LogP contribution in [0.4, 0.5) is 13.2 Å². The van der Waals surface area contributed by atoms with Gasteiger partial charge in [-0.25, -0.2) is 0 Å². The van der Waals surface area contributed by atoms with Gasteiger partial charge >= 0.3 is 6.18 Å². The van der Waals surface area contributed by atoms with E-state index >= 15 is 0 Å². The molecule has 0 spiro atoms. The lowest BCUT2D eigenvalue weighted by molar-refractivity contribution is -0.237. The first-order valence-electron chi connectivity index (χ1n) is 5.32. The second-order valence-electron chi connectivity index (χ2n) is 4.53. The fourth-order valence-corrected chi connectivity index (χ4v) is 2.72. The highest BCUT2D eigenvalue weighted by Gasteiger charge is 2.55. The standard InChI is InChI=1S/C10H17F3IN/c1-9(6-7-15-14,10(11,12)13)8-4-2-3-5-8/h8,15H,2-7H2,1H3. The van der Waals surface area contributed by atoms with E-state index in [2.05, 4.69) is 3.53 Å². The first-order chi connectivity index (χ1) is 6.92. The molecule has 5 heteroatoms. The van der Waals surface area contributed by atoms with Crippen molar-refractivity contribution in [1.29, 1.82) is 0 Å². The molecular formula is C10H17F3IN. The lowest BCUT2D eigenvalue weighted by Gasteiger charge is -2.37. The lowest BCUT2D eigenvalue weighted by Crippen LogP contribution is -2.42. The predicted molar refractivity (Wildman–Crippen MR) is 62.8 cm³/mol. The molecule has 0 amide bonds. The number of nitrogens with one attached hydrogen (secondary N) is 1. The maximum atomic E-state index is 13.0. The third-order valence-electron chi connectivity index (χ3n) is 3.64. The van der Waals surface area contributed by atoms with Crippen LogP contribution >= 0.6 is 22.9 Å². The highest BCUT2D eigenvalue weighted by atomic mass is 127. The summed E-state index contributed by atoms with van der Waals surface area (Å²) in [5.74, 6) is -0.178. The van der Waals surface area contributed by atoms with Crippen molar-refractivity contribution in [2.24, 2.45) is 11.3 Å². The molecule has 0 radical (unpaired) electrons. The van der Waals surface area contributed by atoms with Crippen LogP contribution in [0.5, 0.6) is 0 Å². The van der Waals surface area contributed by atoms with Crippen molar-refractivity contribution in [3.05, 3.63) is 0 Å². The van der Waals surface area contributed by atoms with Crippen molar-refractivity contribution in [3.63, 3.8) is 0 Å². The Bertz CT molecular complexity index is 201. The molecule has 1 N–H and O–H groups in total.